The highest BCUT2D eigenvalue weighted by molar-refractivity contribution is 9.10. The van der Waals surface area contributed by atoms with Gasteiger partial charge in [-0.3, -0.25) is 0 Å². The molecule has 0 heterocycles. The van der Waals surface area contributed by atoms with Crippen LogP contribution < -0.4 is 10.5 Å². The van der Waals surface area contributed by atoms with Crippen molar-refractivity contribution < 1.29 is 9.13 Å². The van der Waals surface area contributed by atoms with Crippen molar-refractivity contribution in [3.63, 3.8) is 0 Å². The van der Waals surface area contributed by atoms with E-state index in [2.05, 4.69) is 15.9 Å². The monoisotopic (exact) mass is 334 g/mol. The van der Waals surface area contributed by atoms with Gasteiger partial charge in [-0.15, -0.1) is 0 Å². The van der Waals surface area contributed by atoms with Gasteiger partial charge in [-0.05, 0) is 58.7 Å². The minimum absolute atomic E-state index is 0.0717. The van der Waals surface area contributed by atoms with Crippen LogP contribution in [0.3, 0.4) is 0 Å². The second-order valence-electron chi connectivity index (χ2n) is 4.14. The van der Waals surface area contributed by atoms with Crippen LogP contribution in [0.1, 0.15) is 11.1 Å². The summed E-state index contributed by atoms with van der Waals surface area (Å²) in [4.78, 5) is 0. The number of nitrogens with two attached hydrogens (primary N) is 1. The third kappa shape index (κ3) is 3.16. The average Bonchev–Trinajstić information content (AvgIpc) is 2.46. The Morgan fingerprint density at radius 2 is 1.90 bits per heavy atom. The van der Waals surface area contributed by atoms with E-state index in [4.69, 9.17) is 15.7 Å². The molecule has 0 radical (unpaired) electrons. The van der Waals surface area contributed by atoms with E-state index >= 15 is 0 Å². The van der Waals surface area contributed by atoms with E-state index in [1.54, 1.807) is 12.1 Å². The van der Waals surface area contributed by atoms with Crippen LogP contribution in [0.5, 0.6) is 11.5 Å². The lowest BCUT2D eigenvalue weighted by Gasteiger charge is -2.09. The molecule has 0 fully saturated rings. The molecule has 20 heavy (non-hydrogen) atoms. The topological polar surface area (TPSA) is 59.0 Å². The number of hydrogen-bond donors (Lipinski definition) is 1. The van der Waals surface area contributed by atoms with Gasteiger partial charge >= 0.3 is 0 Å². The number of nitriles is 1. The summed E-state index contributed by atoms with van der Waals surface area (Å²) in [7, 11) is 0. The van der Waals surface area contributed by atoms with Crippen molar-refractivity contribution in [2.45, 2.75) is 6.42 Å². The molecule has 0 aliphatic carbocycles. The zero-order valence-corrected chi connectivity index (χ0v) is 12.2. The maximum Gasteiger partial charge on any atom is 0.181 e. The quantitative estimate of drug-likeness (QED) is 0.926. The van der Waals surface area contributed by atoms with Crippen molar-refractivity contribution in [2.24, 2.45) is 5.73 Å². The van der Waals surface area contributed by atoms with Gasteiger partial charge in [-0.1, -0.05) is 12.1 Å². The lowest BCUT2D eigenvalue weighted by molar-refractivity contribution is 0.440. The highest BCUT2D eigenvalue weighted by Crippen LogP contribution is 2.31. The third-order valence-corrected chi connectivity index (χ3v) is 3.53. The summed E-state index contributed by atoms with van der Waals surface area (Å²) in [5.41, 5.74) is 6.80. The maximum atomic E-state index is 14.0. The summed E-state index contributed by atoms with van der Waals surface area (Å²) in [6.45, 7) is 0.581. The van der Waals surface area contributed by atoms with Gasteiger partial charge in [-0.2, -0.15) is 5.26 Å². The van der Waals surface area contributed by atoms with E-state index in [-0.39, 0.29) is 15.8 Å². The minimum Gasteiger partial charge on any atom is -0.454 e. The zero-order valence-electron chi connectivity index (χ0n) is 10.6. The molecular formula is C15H12BrFN2O. The van der Waals surface area contributed by atoms with E-state index in [1.807, 2.05) is 18.2 Å². The first-order valence-electron chi connectivity index (χ1n) is 6.00. The van der Waals surface area contributed by atoms with Gasteiger partial charge in [0.05, 0.1) is 10.0 Å². The second kappa shape index (κ2) is 6.51. The lowest BCUT2D eigenvalue weighted by Crippen LogP contribution is -2.02. The maximum absolute atomic E-state index is 14.0. The molecule has 0 aliphatic rings. The summed E-state index contributed by atoms with van der Waals surface area (Å²) in [5.74, 6) is 0.0128. The number of nitrogens with zero attached hydrogens (tertiary/aromatic N) is 1. The second-order valence-corrected chi connectivity index (χ2v) is 4.93. The molecule has 2 aromatic carbocycles. The normalized spacial score (nSPS) is 10.1. The Labute approximate surface area is 124 Å². The first kappa shape index (κ1) is 14.5. The molecule has 0 atom stereocenters. The Bertz CT molecular complexity index is 650. The van der Waals surface area contributed by atoms with Crippen LogP contribution in [0, 0.1) is 17.1 Å². The largest absolute Gasteiger partial charge is 0.454 e. The first-order chi connectivity index (χ1) is 9.65. The van der Waals surface area contributed by atoms with Crippen molar-refractivity contribution in [3.05, 3.63) is 57.8 Å². The van der Waals surface area contributed by atoms with Crippen molar-refractivity contribution in [3.8, 4) is 17.6 Å². The van der Waals surface area contributed by atoms with E-state index in [0.717, 1.165) is 12.0 Å². The average molecular weight is 335 g/mol. The van der Waals surface area contributed by atoms with Gasteiger partial charge in [0.25, 0.3) is 0 Å². The van der Waals surface area contributed by atoms with Gasteiger partial charge in [0.1, 0.15) is 11.8 Å². The van der Waals surface area contributed by atoms with Gasteiger partial charge in [0.2, 0.25) is 0 Å². The highest BCUT2D eigenvalue weighted by atomic mass is 79.9. The fourth-order valence-corrected chi connectivity index (χ4v) is 2.13. The van der Waals surface area contributed by atoms with Gasteiger partial charge in [0, 0.05) is 0 Å². The fraction of sp³-hybridized carbons (Fsp3) is 0.133. The molecule has 0 aliphatic heterocycles. The van der Waals surface area contributed by atoms with Crippen molar-refractivity contribution in [1.82, 2.24) is 0 Å². The number of benzene rings is 2. The summed E-state index contributed by atoms with van der Waals surface area (Å²) in [6, 6.07) is 12.1. The molecule has 3 nitrogen and oxygen atoms in total. The SMILES string of the molecule is N#Cc1ccc(Oc2ccc(CCN)cc2)c(F)c1Br. The zero-order chi connectivity index (χ0) is 14.5. The van der Waals surface area contributed by atoms with Crippen LogP contribution in [-0.4, -0.2) is 6.54 Å². The Balaban J connectivity index is 2.22. The van der Waals surface area contributed by atoms with E-state index in [9.17, 15) is 4.39 Å². The third-order valence-electron chi connectivity index (χ3n) is 2.75. The molecule has 0 saturated carbocycles. The molecule has 2 rings (SSSR count). The van der Waals surface area contributed by atoms with Crippen molar-refractivity contribution >= 4 is 15.9 Å². The molecule has 2 N–H and O–H groups in total. The summed E-state index contributed by atoms with van der Waals surface area (Å²) in [5, 5.41) is 8.81. The molecule has 0 unspecified atom stereocenters. The van der Waals surface area contributed by atoms with Crippen LogP contribution in [0.4, 0.5) is 4.39 Å². The van der Waals surface area contributed by atoms with Gasteiger partial charge in [-0.25, -0.2) is 4.39 Å². The lowest BCUT2D eigenvalue weighted by atomic mass is 10.1. The predicted octanol–water partition coefficient (Wildman–Crippen LogP) is 3.75. The molecule has 0 bridgehead atoms. The number of hydrogen-bond acceptors (Lipinski definition) is 3. The number of ether oxygens (including phenoxy) is 1. The fourth-order valence-electron chi connectivity index (χ4n) is 1.71. The van der Waals surface area contributed by atoms with E-state index in [1.165, 1.54) is 12.1 Å². The van der Waals surface area contributed by atoms with Crippen LogP contribution >= 0.6 is 15.9 Å². The molecule has 0 spiro atoms. The predicted molar refractivity (Wildman–Crippen MR) is 78.1 cm³/mol. The van der Waals surface area contributed by atoms with Crippen molar-refractivity contribution in [2.75, 3.05) is 6.54 Å². The molecule has 0 aromatic heterocycles. The minimum atomic E-state index is -0.588. The Kier molecular flexibility index (Phi) is 4.72. The van der Waals surface area contributed by atoms with Crippen molar-refractivity contribution in [1.29, 1.82) is 5.26 Å². The summed E-state index contributed by atoms with van der Waals surface area (Å²) >= 11 is 3.05. The van der Waals surface area contributed by atoms with Crippen LogP contribution in [-0.2, 0) is 6.42 Å². The molecule has 102 valence electrons. The van der Waals surface area contributed by atoms with Crippen LogP contribution in [0.2, 0.25) is 0 Å². The smallest absolute Gasteiger partial charge is 0.181 e. The van der Waals surface area contributed by atoms with Crippen LogP contribution in [0.15, 0.2) is 40.9 Å². The number of rotatable bonds is 4. The molecule has 5 heteroatoms. The first-order valence-corrected chi connectivity index (χ1v) is 6.80. The Morgan fingerprint density at radius 1 is 1.20 bits per heavy atom. The summed E-state index contributed by atoms with van der Waals surface area (Å²) in [6.07, 6.45) is 0.789. The molecule has 2 aromatic rings. The Hall–Kier alpha value is -1.90. The van der Waals surface area contributed by atoms with E-state index in [0.29, 0.717) is 12.3 Å². The molecular weight excluding hydrogens is 323 g/mol. The number of halogens is 2. The highest BCUT2D eigenvalue weighted by Gasteiger charge is 2.12. The molecule has 0 amide bonds. The summed E-state index contributed by atoms with van der Waals surface area (Å²) < 4.78 is 19.6. The van der Waals surface area contributed by atoms with Gasteiger partial charge in [0.15, 0.2) is 11.6 Å². The van der Waals surface area contributed by atoms with E-state index < -0.39 is 5.82 Å². The standard InChI is InChI=1S/C15H12BrFN2O/c16-14-11(9-19)3-6-13(15(14)17)20-12-4-1-10(2-5-12)7-8-18/h1-6H,7-8,18H2. The molecule has 0 saturated heterocycles. The van der Waals surface area contributed by atoms with Crippen LogP contribution in [0.25, 0.3) is 0 Å². The Morgan fingerprint density at radius 3 is 2.50 bits per heavy atom. The van der Waals surface area contributed by atoms with Gasteiger partial charge < -0.3 is 10.5 Å².